The van der Waals surface area contributed by atoms with E-state index in [9.17, 15) is 0 Å². The van der Waals surface area contributed by atoms with Crippen LogP contribution in [0.2, 0.25) is 0 Å². The largest absolute Gasteiger partial charge is 0.398 e. The first-order valence-corrected chi connectivity index (χ1v) is 3.81. The highest BCUT2D eigenvalue weighted by molar-refractivity contribution is 5.62. The van der Waals surface area contributed by atoms with Gasteiger partial charge in [-0.3, -0.25) is 4.98 Å². The van der Waals surface area contributed by atoms with Gasteiger partial charge in [-0.15, -0.1) is 0 Å². The number of nitrogens with zero attached hydrogens (tertiary/aromatic N) is 1. The molecule has 1 aromatic rings. The third-order valence-electron chi connectivity index (χ3n) is 1.48. The van der Waals surface area contributed by atoms with Crippen molar-refractivity contribution in [3.8, 4) is 0 Å². The fourth-order valence-electron chi connectivity index (χ4n) is 0.842. The van der Waals surface area contributed by atoms with Gasteiger partial charge >= 0.3 is 0 Å². The van der Waals surface area contributed by atoms with E-state index in [2.05, 4.69) is 4.98 Å². The first-order valence-electron chi connectivity index (χ1n) is 3.81. The highest BCUT2D eigenvalue weighted by Gasteiger charge is 1.90. The molecule has 12 heavy (non-hydrogen) atoms. The van der Waals surface area contributed by atoms with Crippen LogP contribution in [0.4, 0.5) is 5.69 Å². The Kier molecular flexibility index (Phi) is 3.29. The zero-order chi connectivity index (χ0) is 8.81. The Morgan fingerprint density at radius 2 is 2.42 bits per heavy atom. The van der Waals surface area contributed by atoms with E-state index >= 15 is 0 Å². The molecule has 3 heteroatoms. The van der Waals surface area contributed by atoms with Crippen molar-refractivity contribution in [3.05, 3.63) is 30.1 Å². The summed E-state index contributed by atoms with van der Waals surface area (Å²) in [4.78, 5) is 3.93. The van der Waals surface area contributed by atoms with Crippen LogP contribution >= 0.6 is 0 Å². The zero-order valence-electron chi connectivity index (χ0n) is 6.77. The van der Waals surface area contributed by atoms with Crippen LogP contribution in [0.1, 0.15) is 12.0 Å². The van der Waals surface area contributed by atoms with Crippen LogP contribution in [0, 0.1) is 0 Å². The molecular formula is C9H12N2O. The van der Waals surface area contributed by atoms with Gasteiger partial charge in [0.15, 0.2) is 0 Å². The van der Waals surface area contributed by atoms with Crippen molar-refractivity contribution in [1.29, 1.82) is 0 Å². The van der Waals surface area contributed by atoms with Crippen molar-refractivity contribution < 1.29 is 5.11 Å². The van der Waals surface area contributed by atoms with Crippen molar-refractivity contribution in [1.82, 2.24) is 4.98 Å². The Labute approximate surface area is 71.6 Å². The number of nitrogen functional groups attached to an aromatic ring is 1. The van der Waals surface area contributed by atoms with Gasteiger partial charge in [-0.1, -0.05) is 12.2 Å². The molecule has 0 atom stereocenters. The second kappa shape index (κ2) is 4.51. The van der Waals surface area contributed by atoms with Crippen LogP contribution < -0.4 is 5.73 Å². The Hall–Kier alpha value is -1.35. The summed E-state index contributed by atoms with van der Waals surface area (Å²) < 4.78 is 0. The highest BCUT2D eigenvalue weighted by Crippen LogP contribution is 2.10. The van der Waals surface area contributed by atoms with Crippen LogP contribution in [0.15, 0.2) is 24.5 Å². The minimum atomic E-state index is 0.163. The van der Waals surface area contributed by atoms with E-state index in [1.54, 1.807) is 18.5 Å². The summed E-state index contributed by atoms with van der Waals surface area (Å²) in [6.07, 6.45) is 7.72. The van der Waals surface area contributed by atoms with Gasteiger partial charge in [-0.25, -0.2) is 0 Å². The van der Waals surface area contributed by atoms with Gasteiger partial charge in [-0.2, -0.15) is 0 Å². The van der Waals surface area contributed by atoms with Gasteiger partial charge in [0.25, 0.3) is 0 Å². The lowest BCUT2D eigenvalue weighted by Crippen LogP contribution is -1.89. The van der Waals surface area contributed by atoms with E-state index in [1.165, 1.54) is 0 Å². The van der Waals surface area contributed by atoms with Gasteiger partial charge < -0.3 is 10.8 Å². The van der Waals surface area contributed by atoms with Crippen molar-refractivity contribution in [3.63, 3.8) is 0 Å². The Morgan fingerprint density at radius 3 is 3.08 bits per heavy atom. The maximum absolute atomic E-state index is 8.52. The molecule has 1 heterocycles. The average molecular weight is 164 g/mol. The molecule has 0 radical (unpaired) electrons. The Bertz CT molecular complexity index is 271. The van der Waals surface area contributed by atoms with E-state index in [1.807, 2.05) is 12.2 Å². The quantitative estimate of drug-likeness (QED) is 0.702. The topological polar surface area (TPSA) is 59.1 Å². The standard InChI is InChI=1S/C9H12N2O/c10-9-4-5-11-7-8(9)3-1-2-6-12/h1,3-5,7,12H,2,6H2,(H2,10,11). The lowest BCUT2D eigenvalue weighted by atomic mass is 10.2. The fraction of sp³-hybridized carbons (Fsp3) is 0.222. The van der Waals surface area contributed by atoms with Crippen molar-refractivity contribution in [2.75, 3.05) is 12.3 Å². The van der Waals surface area contributed by atoms with E-state index in [-0.39, 0.29) is 6.61 Å². The SMILES string of the molecule is Nc1ccncc1C=CCCO. The number of rotatable bonds is 3. The molecule has 0 aliphatic rings. The molecule has 0 aromatic carbocycles. The molecule has 0 unspecified atom stereocenters. The Balaban J connectivity index is 2.68. The summed E-state index contributed by atoms with van der Waals surface area (Å²) in [6.45, 7) is 0.163. The average Bonchev–Trinajstić information content (AvgIpc) is 2.09. The second-order valence-electron chi connectivity index (χ2n) is 2.42. The van der Waals surface area contributed by atoms with E-state index in [4.69, 9.17) is 10.8 Å². The van der Waals surface area contributed by atoms with Crippen LogP contribution in [-0.2, 0) is 0 Å². The van der Waals surface area contributed by atoms with Gasteiger partial charge in [0.1, 0.15) is 0 Å². The Morgan fingerprint density at radius 1 is 1.58 bits per heavy atom. The molecule has 0 spiro atoms. The van der Waals surface area contributed by atoms with Gasteiger partial charge in [-0.05, 0) is 12.5 Å². The first-order chi connectivity index (χ1) is 5.84. The number of hydrogen-bond acceptors (Lipinski definition) is 3. The van der Waals surface area contributed by atoms with E-state index in [0.29, 0.717) is 12.1 Å². The van der Waals surface area contributed by atoms with Crippen molar-refractivity contribution in [2.24, 2.45) is 0 Å². The number of aromatic nitrogens is 1. The lowest BCUT2D eigenvalue weighted by molar-refractivity contribution is 0.303. The molecule has 0 fully saturated rings. The zero-order valence-corrected chi connectivity index (χ0v) is 6.77. The normalized spacial score (nSPS) is 10.8. The molecule has 0 aliphatic carbocycles. The molecule has 0 saturated carbocycles. The molecule has 0 amide bonds. The summed E-state index contributed by atoms with van der Waals surface area (Å²) in [5.74, 6) is 0. The molecule has 64 valence electrons. The summed E-state index contributed by atoms with van der Waals surface area (Å²) in [5, 5.41) is 8.52. The molecular weight excluding hydrogens is 152 g/mol. The summed E-state index contributed by atoms with van der Waals surface area (Å²) >= 11 is 0. The molecule has 1 aromatic heterocycles. The number of hydrogen-bond donors (Lipinski definition) is 2. The minimum absolute atomic E-state index is 0.163. The number of aliphatic hydroxyl groups is 1. The summed E-state index contributed by atoms with van der Waals surface area (Å²) in [6, 6.07) is 1.75. The van der Waals surface area contributed by atoms with Crippen LogP contribution in [-0.4, -0.2) is 16.7 Å². The number of pyridine rings is 1. The van der Waals surface area contributed by atoms with Gasteiger partial charge in [0.2, 0.25) is 0 Å². The van der Waals surface area contributed by atoms with Gasteiger partial charge in [0, 0.05) is 30.3 Å². The van der Waals surface area contributed by atoms with E-state index < -0.39 is 0 Å². The van der Waals surface area contributed by atoms with Crippen molar-refractivity contribution >= 4 is 11.8 Å². The number of aliphatic hydroxyl groups excluding tert-OH is 1. The predicted octanol–water partition coefficient (Wildman–Crippen LogP) is 1.06. The fourth-order valence-corrected chi connectivity index (χ4v) is 0.842. The molecule has 1 rings (SSSR count). The third kappa shape index (κ3) is 2.36. The maximum Gasteiger partial charge on any atom is 0.0465 e. The third-order valence-corrected chi connectivity index (χ3v) is 1.48. The molecule has 3 nitrogen and oxygen atoms in total. The molecule has 3 N–H and O–H groups in total. The molecule has 0 aliphatic heterocycles. The van der Waals surface area contributed by atoms with Crippen LogP contribution in [0.3, 0.4) is 0 Å². The van der Waals surface area contributed by atoms with Crippen LogP contribution in [0.25, 0.3) is 6.08 Å². The van der Waals surface area contributed by atoms with E-state index in [0.717, 1.165) is 5.56 Å². The summed E-state index contributed by atoms with van der Waals surface area (Å²) in [5.41, 5.74) is 7.25. The first kappa shape index (κ1) is 8.74. The maximum atomic E-state index is 8.52. The molecule has 0 bridgehead atoms. The highest BCUT2D eigenvalue weighted by atomic mass is 16.2. The van der Waals surface area contributed by atoms with Crippen LogP contribution in [0.5, 0.6) is 0 Å². The van der Waals surface area contributed by atoms with Gasteiger partial charge in [0.05, 0.1) is 0 Å². The summed E-state index contributed by atoms with van der Waals surface area (Å²) in [7, 11) is 0. The lowest BCUT2D eigenvalue weighted by Gasteiger charge is -1.96. The van der Waals surface area contributed by atoms with Crippen molar-refractivity contribution in [2.45, 2.75) is 6.42 Å². The monoisotopic (exact) mass is 164 g/mol. The predicted molar refractivity (Wildman–Crippen MR) is 49.4 cm³/mol. The second-order valence-corrected chi connectivity index (χ2v) is 2.42. The smallest absolute Gasteiger partial charge is 0.0465 e. The number of nitrogens with two attached hydrogens (primary N) is 1. The number of anilines is 1. The molecule has 0 saturated heterocycles. The minimum Gasteiger partial charge on any atom is -0.398 e.